The topological polar surface area (TPSA) is 70.5 Å². The molecule has 6 heteroatoms. The molecule has 0 spiro atoms. The number of rotatable bonds is 4. The second-order valence-corrected chi connectivity index (χ2v) is 13.1. The van der Waals surface area contributed by atoms with Gasteiger partial charge >= 0.3 is 5.97 Å². The van der Waals surface area contributed by atoms with Gasteiger partial charge in [-0.1, -0.05) is 25.2 Å². The molecule has 0 amide bonds. The number of aromatic nitrogens is 1. The number of carbonyl (C=O) groups is 2. The van der Waals surface area contributed by atoms with Gasteiger partial charge in [0, 0.05) is 52.7 Å². The van der Waals surface area contributed by atoms with Gasteiger partial charge in [-0.15, -0.1) is 0 Å². The summed E-state index contributed by atoms with van der Waals surface area (Å²) < 4.78 is 0. The number of likely N-dealkylation sites (tertiary alicyclic amines) is 1. The van der Waals surface area contributed by atoms with Crippen molar-refractivity contribution in [3.05, 3.63) is 41.9 Å². The molecule has 4 aliphatic rings. The number of carboxylic acid groups (broad SMARTS) is 1. The first-order valence-electron chi connectivity index (χ1n) is 13.2. The summed E-state index contributed by atoms with van der Waals surface area (Å²) in [4.78, 5) is 32.7. The third-order valence-electron chi connectivity index (χ3n) is 9.95. The number of carbonyl (C=O) groups excluding carboxylic acids is 1. The highest BCUT2D eigenvalue weighted by Crippen LogP contribution is 2.67. The molecule has 5 nitrogen and oxygen atoms in total. The summed E-state index contributed by atoms with van der Waals surface area (Å²) in [6.07, 6.45) is 9.20. The highest BCUT2D eigenvalue weighted by molar-refractivity contribution is 7.80. The number of piperidine rings is 1. The van der Waals surface area contributed by atoms with Crippen LogP contribution in [0.25, 0.3) is 0 Å². The molecule has 1 N–H and O–H groups in total. The third kappa shape index (κ3) is 3.87. The molecular weight excluding hydrogens is 456 g/mol. The second-order valence-electron chi connectivity index (χ2n) is 12.6. The minimum Gasteiger partial charge on any atom is -0.481 e. The van der Waals surface area contributed by atoms with Crippen LogP contribution in [0.2, 0.25) is 0 Å². The van der Waals surface area contributed by atoms with Gasteiger partial charge in [-0.2, -0.15) is 0 Å². The SMILES string of the molecule is CC(C)(C)N1C[C@H]2[C@@H]3CC[C@H](C(=S)c4ccccn4)[C@@]3(CC(=O)O)CC[C@@H]2[C@@]2(C)CCC(=O)C=C12. The Hall–Kier alpha value is -2.08. The fourth-order valence-corrected chi connectivity index (χ4v) is 8.93. The largest absolute Gasteiger partial charge is 0.481 e. The Labute approximate surface area is 214 Å². The number of hydrogen-bond donors (Lipinski definition) is 1. The molecule has 35 heavy (non-hydrogen) atoms. The van der Waals surface area contributed by atoms with Crippen LogP contribution < -0.4 is 0 Å². The van der Waals surface area contributed by atoms with E-state index in [1.54, 1.807) is 6.20 Å². The minimum absolute atomic E-state index is 0.0426. The minimum atomic E-state index is -0.720. The third-order valence-corrected chi connectivity index (χ3v) is 10.4. The van der Waals surface area contributed by atoms with E-state index in [0.29, 0.717) is 24.2 Å². The number of pyridine rings is 1. The van der Waals surface area contributed by atoms with E-state index in [4.69, 9.17) is 12.2 Å². The lowest BCUT2D eigenvalue weighted by molar-refractivity contribution is -0.147. The first kappa shape index (κ1) is 24.6. The van der Waals surface area contributed by atoms with Crippen molar-refractivity contribution in [1.82, 2.24) is 9.88 Å². The molecule has 1 aliphatic heterocycles. The molecule has 188 valence electrons. The number of aliphatic carboxylic acids is 1. The lowest BCUT2D eigenvalue weighted by atomic mass is 9.48. The van der Waals surface area contributed by atoms with Crippen molar-refractivity contribution in [2.75, 3.05) is 6.54 Å². The molecule has 2 heterocycles. The van der Waals surface area contributed by atoms with Crippen molar-refractivity contribution < 1.29 is 14.7 Å². The van der Waals surface area contributed by atoms with Gasteiger partial charge in [-0.25, -0.2) is 0 Å². The number of hydrogen-bond acceptors (Lipinski definition) is 5. The van der Waals surface area contributed by atoms with E-state index < -0.39 is 5.97 Å². The lowest BCUT2D eigenvalue weighted by Crippen LogP contribution is -2.61. The van der Waals surface area contributed by atoms with Gasteiger partial charge in [-0.3, -0.25) is 14.6 Å². The van der Waals surface area contributed by atoms with E-state index in [-0.39, 0.29) is 34.5 Å². The molecule has 1 aromatic rings. The van der Waals surface area contributed by atoms with Gasteiger partial charge in [0.15, 0.2) is 5.78 Å². The monoisotopic (exact) mass is 494 g/mol. The van der Waals surface area contributed by atoms with Gasteiger partial charge in [0.1, 0.15) is 0 Å². The molecule has 1 saturated heterocycles. The summed E-state index contributed by atoms with van der Waals surface area (Å²) in [5.74, 6) is 0.759. The maximum Gasteiger partial charge on any atom is 0.303 e. The summed E-state index contributed by atoms with van der Waals surface area (Å²) in [6.45, 7) is 9.95. The summed E-state index contributed by atoms with van der Waals surface area (Å²) in [6, 6.07) is 5.82. The summed E-state index contributed by atoms with van der Waals surface area (Å²) in [5.41, 5.74) is 1.56. The lowest BCUT2D eigenvalue weighted by Gasteiger charge is -2.63. The molecule has 0 radical (unpaired) electrons. The van der Waals surface area contributed by atoms with E-state index in [0.717, 1.165) is 49.2 Å². The average molecular weight is 495 g/mol. The zero-order chi connectivity index (χ0) is 25.2. The van der Waals surface area contributed by atoms with Crippen LogP contribution in [-0.2, 0) is 9.59 Å². The summed E-state index contributed by atoms with van der Waals surface area (Å²) in [5, 5.41) is 10.1. The first-order valence-corrected chi connectivity index (χ1v) is 13.6. The van der Waals surface area contributed by atoms with Gasteiger partial charge in [0.05, 0.1) is 12.1 Å². The van der Waals surface area contributed by atoms with Crippen molar-refractivity contribution in [2.45, 2.75) is 78.2 Å². The Kier molecular flexibility index (Phi) is 5.98. The Balaban J connectivity index is 1.57. The molecule has 2 saturated carbocycles. The Bertz CT molecular complexity index is 1080. The van der Waals surface area contributed by atoms with Crippen LogP contribution in [0.4, 0.5) is 0 Å². The number of ketones is 1. The van der Waals surface area contributed by atoms with Gasteiger partial charge in [0.2, 0.25) is 0 Å². The number of fused-ring (bicyclic) bond motifs is 5. The van der Waals surface area contributed by atoms with Crippen molar-refractivity contribution >= 4 is 28.8 Å². The predicted octanol–water partition coefficient (Wildman–Crippen LogP) is 5.68. The van der Waals surface area contributed by atoms with Crippen molar-refractivity contribution in [3.8, 4) is 0 Å². The fraction of sp³-hybridized carbons (Fsp3) is 0.655. The smallest absolute Gasteiger partial charge is 0.303 e. The van der Waals surface area contributed by atoms with E-state index >= 15 is 0 Å². The first-order chi connectivity index (χ1) is 16.5. The van der Waals surface area contributed by atoms with Crippen LogP contribution in [0, 0.1) is 34.5 Å². The normalized spacial score (nSPS) is 36.6. The maximum absolute atomic E-state index is 12.5. The summed E-state index contributed by atoms with van der Waals surface area (Å²) >= 11 is 6.02. The number of carboxylic acids is 1. The van der Waals surface area contributed by atoms with Crippen molar-refractivity contribution in [2.24, 2.45) is 34.5 Å². The van der Waals surface area contributed by atoms with Gasteiger partial charge in [0.25, 0.3) is 0 Å². The van der Waals surface area contributed by atoms with Crippen LogP contribution in [0.1, 0.15) is 78.3 Å². The zero-order valence-corrected chi connectivity index (χ0v) is 22.2. The Morgan fingerprint density at radius 2 is 1.97 bits per heavy atom. The van der Waals surface area contributed by atoms with E-state index in [1.807, 2.05) is 24.3 Å². The Morgan fingerprint density at radius 1 is 1.20 bits per heavy atom. The van der Waals surface area contributed by atoms with E-state index in [2.05, 4.69) is 37.6 Å². The van der Waals surface area contributed by atoms with E-state index in [9.17, 15) is 14.7 Å². The maximum atomic E-state index is 12.5. The second kappa shape index (κ2) is 8.50. The quantitative estimate of drug-likeness (QED) is 0.429. The summed E-state index contributed by atoms with van der Waals surface area (Å²) in [7, 11) is 0. The molecule has 6 atom stereocenters. The Morgan fingerprint density at radius 3 is 2.63 bits per heavy atom. The van der Waals surface area contributed by atoms with Crippen LogP contribution in [0.5, 0.6) is 0 Å². The highest BCUT2D eigenvalue weighted by Gasteiger charge is 2.63. The molecule has 3 aliphatic carbocycles. The van der Waals surface area contributed by atoms with Crippen LogP contribution in [0.3, 0.4) is 0 Å². The molecule has 5 rings (SSSR count). The van der Waals surface area contributed by atoms with Gasteiger partial charge in [-0.05, 0) is 88.2 Å². The van der Waals surface area contributed by atoms with Crippen LogP contribution in [-0.4, -0.2) is 43.7 Å². The highest BCUT2D eigenvalue weighted by atomic mass is 32.1. The number of thiocarbonyl (C=S) groups is 1. The van der Waals surface area contributed by atoms with Crippen LogP contribution in [0.15, 0.2) is 36.2 Å². The molecular formula is C29H38N2O3S. The predicted molar refractivity (Wildman–Crippen MR) is 140 cm³/mol. The fourth-order valence-electron chi connectivity index (χ4n) is 8.45. The molecule has 1 aromatic heterocycles. The molecule has 0 unspecified atom stereocenters. The van der Waals surface area contributed by atoms with Crippen molar-refractivity contribution in [3.63, 3.8) is 0 Å². The van der Waals surface area contributed by atoms with Gasteiger partial charge < -0.3 is 10.0 Å². The molecule has 0 bridgehead atoms. The zero-order valence-electron chi connectivity index (χ0n) is 21.4. The number of nitrogens with zero attached hydrogens (tertiary/aromatic N) is 2. The van der Waals surface area contributed by atoms with Crippen LogP contribution >= 0.6 is 12.2 Å². The van der Waals surface area contributed by atoms with E-state index in [1.165, 1.54) is 5.70 Å². The average Bonchev–Trinajstić information content (AvgIpc) is 3.17. The van der Waals surface area contributed by atoms with Crippen molar-refractivity contribution in [1.29, 1.82) is 0 Å². The molecule has 3 fully saturated rings. The standard InChI is InChI=1S/C29H38N2O3S/c1-27(2,3)31-17-19-20(28(4)12-10-18(32)15-24(28)31)11-13-29(16-25(33)34)21(19)8-9-22(29)26(35)23-7-5-6-14-30-23/h5-7,14-15,19-22H,8-13,16-17H2,1-4H3,(H,33,34)/t19-,20+,21+,22-,28-,29-/m1/s1. The molecule has 0 aromatic carbocycles. The number of allylic oxidation sites excluding steroid dienone is 2.